The molecule has 1 nitrogen and oxygen atoms in total. The van der Waals surface area contributed by atoms with Crippen LogP contribution in [-0.4, -0.2) is 12.8 Å². The van der Waals surface area contributed by atoms with Gasteiger partial charge in [0.1, 0.15) is 0 Å². The molecule has 0 fully saturated rings. The molecule has 0 amide bonds. The summed E-state index contributed by atoms with van der Waals surface area (Å²) in [5.74, 6) is -2.40. The van der Waals surface area contributed by atoms with Crippen molar-refractivity contribution in [1.29, 1.82) is 0 Å². The van der Waals surface area contributed by atoms with Crippen LogP contribution in [0.4, 0.5) is 8.78 Å². The van der Waals surface area contributed by atoms with E-state index in [1.54, 1.807) is 12.1 Å². The van der Waals surface area contributed by atoms with E-state index in [1.165, 1.54) is 0 Å². The minimum Gasteiger partial charge on any atom is -0.316 e. The van der Waals surface area contributed by atoms with Crippen LogP contribution in [0.1, 0.15) is 5.56 Å². The van der Waals surface area contributed by atoms with Crippen molar-refractivity contribution in [3.8, 4) is 11.1 Å². The minimum atomic E-state index is -2.40. The topological polar surface area (TPSA) is 12.0 Å². The number of halogens is 3. The molecule has 0 bridgehead atoms. The zero-order valence-corrected chi connectivity index (χ0v) is 12.4. The van der Waals surface area contributed by atoms with Crippen molar-refractivity contribution in [2.24, 2.45) is 0 Å². The normalized spacial score (nSPS) is 11.1. The molecule has 0 atom stereocenters. The number of benzene rings is 2. The number of rotatable bonds is 5. The third-order valence-electron chi connectivity index (χ3n) is 2.83. The lowest BCUT2D eigenvalue weighted by Gasteiger charge is -2.11. The summed E-state index contributed by atoms with van der Waals surface area (Å²) in [5, 5.41) is 3.76. The van der Waals surface area contributed by atoms with E-state index in [2.05, 4.69) is 5.32 Å². The van der Waals surface area contributed by atoms with Gasteiger partial charge in [-0.25, -0.2) is 0 Å². The molecule has 0 aromatic heterocycles. The van der Waals surface area contributed by atoms with Gasteiger partial charge in [0.25, 0.3) is 5.76 Å². The first kappa shape index (κ1) is 15.3. The molecule has 2 aromatic rings. The molecule has 0 spiro atoms. The Balaban J connectivity index is 2.33. The summed E-state index contributed by atoms with van der Waals surface area (Å²) < 4.78 is 24.6. The number of hydrogen-bond acceptors (Lipinski definition) is 2. The third-order valence-corrected chi connectivity index (χ3v) is 3.79. The Bertz CT molecular complexity index is 573. The highest BCUT2D eigenvalue weighted by Crippen LogP contribution is 2.31. The average molecular weight is 314 g/mol. The highest BCUT2D eigenvalue weighted by molar-refractivity contribution is 7.99. The molecule has 2 rings (SSSR count). The van der Waals surface area contributed by atoms with Gasteiger partial charge >= 0.3 is 0 Å². The van der Waals surface area contributed by atoms with Crippen molar-refractivity contribution in [3.63, 3.8) is 0 Å². The summed E-state index contributed by atoms with van der Waals surface area (Å²) in [5.41, 5.74) is 3.10. The summed E-state index contributed by atoms with van der Waals surface area (Å²) in [6.45, 7) is 0.722. The van der Waals surface area contributed by atoms with Crippen molar-refractivity contribution in [1.82, 2.24) is 5.32 Å². The SMILES string of the molecule is CNCc1ccc(Cl)cc1-c1ccc(SC(F)F)cc1. The van der Waals surface area contributed by atoms with Crippen LogP contribution in [0.3, 0.4) is 0 Å². The van der Waals surface area contributed by atoms with Crippen LogP contribution in [0.5, 0.6) is 0 Å². The van der Waals surface area contributed by atoms with Crippen molar-refractivity contribution < 1.29 is 8.78 Å². The number of thioether (sulfide) groups is 1. The second-order valence-electron chi connectivity index (χ2n) is 4.23. The lowest BCUT2D eigenvalue weighted by Crippen LogP contribution is -2.06. The zero-order chi connectivity index (χ0) is 14.5. The van der Waals surface area contributed by atoms with E-state index in [0.717, 1.165) is 23.2 Å². The summed E-state index contributed by atoms with van der Waals surface area (Å²) in [4.78, 5) is 0.556. The second-order valence-corrected chi connectivity index (χ2v) is 5.73. The van der Waals surface area contributed by atoms with E-state index in [9.17, 15) is 8.78 Å². The fourth-order valence-electron chi connectivity index (χ4n) is 1.98. The highest BCUT2D eigenvalue weighted by Gasteiger charge is 2.08. The smallest absolute Gasteiger partial charge is 0.288 e. The van der Waals surface area contributed by atoms with E-state index >= 15 is 0 Å². The van der Waals surface area contributed by atoms with Crippen LogP contribution in [0, 0.1) is 0 Å². The average Bonchev–Trinajstić information content (AvgIpc) is 2.41. The maximum absolute atomic E-state index is 12.3. The molecular formula is C15H14ClF2NS. The largest absolute Gasteiger partial charge is 0.316 e. The number of hydrogen-bond donors (Lipinski definition) is 1. The Kier molecular flexibility index (Phi) is 5.40. The van der Waals surface area contributed by atoms with E-state index in [4.69, 9.17) is 11.6 Å². The standard InChI is InChI=1S/C15H14ClF2NS/c1-19-9-11-2-5-12(16)8-14(11)10-3-6-13(7-4-10)20-15(17)18/h2-8,15,19H,9H2,1H3. The maximum atomic E-state index is 12.3. The Hall–Kier alpha value is -1.10. The summed E-state index contributed by atoms with van der Waals surface area (Å²) in [6.07, 6.45) is 0. The van der Waals surface area contributed by atoms with E-state index in [-0.39, 0.29) is 0 Å². The van der Waals surface area contributed by atoms with Gasteiger partial charge < -0.3 is 5.32 Å². The van der Waals surface area contributed by atoms with Gasteiger partial charge in [-0.1, -0.05) is 41.6 Å². The molecule has 5 heteroatoms. The van der Waals surface area contributed by atoms with E-state index in [0.29, 0.717) is 21.7 Å². The second kappa shape index (κ2) is 7.07. The molecule has 0 aliphatic heterocycles. The first-order valence-electron chi connectivity index (χ1n) is 6.08. The molecule has 20 heavy (non-hydrogen) atoms. The van der Waals surface area contributed by atoms with Crippen LogP contribution in [0.15, 0.2) is 47.4 Å². The van der Waals surface area contributed by atoms with Crippen LogP contribution < -0.4 is 5.32 Å². The summed E-state index contributed by atoms with van der Waals surface area (Å²) in [6, 6.07) is 12.8. The molecule has 0 saturated carbocycles. The van der Waals surface area contributed by atoms with Gasteiger partial charge in [-0.05, 0) is 48.0 Å². The predicted molar refractivity (Wildman–Crippen MR) is 81.5 cm³/mol. The monoisotopic (exact) mass is 313 g/mol. The first-order chi connectivity index (χ1) is 9.60. The van der Waals surface area contributed by atoms with Crippen LogP contribution in [0.25, 0.3) is 11.1 Å². The fraction of sp³-hybridized carbons (Fsp3) is 0.200. The lowest BCUT2D eigenvalue weighted by molar-refractivity contribution is 0.252. The number of nitrogens with one attached hydrogen (secondary N) is 1. The number of alkyl halides is 2. The quantitative estimate of drug-likeness (QED) is 0.776. The van der Waals surface area contributed by atoms with Gasteiger partial charge in [-0.3, -0.25) is 0 Å². The Morgan fingerprint density at radius 3 is 2.45 bits per heavy atom. The Morgan fingerprint density at radius 2 is 1.85 bits per heavy atom. The van der Waals surface area contributed by atoms with Gasteiger partial charge in [0.05, 0.1) is 0 Å². The zero-order valence-electron chi connectivity index (χ0n) is 10.9. The Morgan fingerprint density at radius 1 is 1.15 bits per heavy atom. The molecule has 0 heterocycles. The van der Waals surface area contributed by atoms with Crippen molar-refractivity contribution in [2.45, 2.75) is 17.2 Å². The van der Waals surface area contributed by atoms with E-state index in [1.807, 2.05) is 37.4 Å². The van der Waals surface area contributed by atoms with Crippen molar-refractivity contribution >= 4 is 23.4 Å². The molecule has 0 aliphatic rings. The van der Waals surface area contributed by atoms with Crippen LogP contribution in [0.2, 0.25) is 5.02 Å². The molecule has 1 N–H and O–H groups in total. The molecular weight excluding hydrogens is 300 g/mol. The highest BCUT2D eigenvalue weighted by atomic mass is 35.5. The van der Waals surface area contributed by atoms with Crippen molar-refractivity contribution in [2.75, 3.05) is 7.05 Å². The van der Waals surface area contributed by atoms with Gasteiger partial charge in [0, 0.05) is 16.5 Å². The van der Waals surface area contributed by atoms with Gasteiger partial charge in [-0.2, -0.15) is 8.78 Å². The molecule has 2 aromatic carbocycles. The lowest BCUT2D eigenvalue weighted by atomic mass is 10.00. The van der Waals surface area contributed by atoms with Crippen LogP contribution in [-0.2, 0) is 6.54 Å². The Labute approximate surface area is 126 Å². The molecule has 106 valence electrons. The van der Waals surface area contributed by atoms with Gasteiger partial charge in [-0.15, -0.1) is 0 Å². The van der Waals surface area contributed by atoms with Gasteiger partial charge in [0.15, 0.2) is 0 Å². The molecule has 0 unspecified atom stereocenters. The summed E-state index contributed by atoms with van der Waals surface area (Å²) >= 11 is 6.59. The summed E-state index contributed by atoms with van der Waals surface area (Å²) in [7, 11) is 1.88. The minimum absolute atomic E-state index is 0.548. The molecule has 0 radical (unpaired) electrons. The third kappa shape index (κ3) is 3.95. The predicted octanol–water partition coefficient (Wildman–Crippen LogP) is 5.04. The van der Waals surface area contributed by atoms with Gasteiger partial charge in [0.2, 0.25) is 0 Å². The van der Waals surface area contributed by atoms with E-state index < -0.39 is 5.76 Å². The molecule has 0 saturated heterocycles. The van der Waals surface area contributed by atoms with Crippen LogP contribution >= 0.6 is 23.4 Å². The molecule has 0 aliphatic carbocycles. The van der Waals surface area contributed by atoms with Crippen molar-refractivity contribution in [3.05, 3.63) is 53.1 Å². The maximum Gasteiger partial charge on any atom is 0.288 e. The first-order valence-corrected chi connectivity index (χ1v) is 7.34. The fourth-order valence-corrected chi connectivity index (χ4v) is 2.65.